The van der Waals surface area contributed by atoms with Gasteiger partial charge in [0.15, 0.2) is 0 Å². The maximum absolute atomic E-state index is 12.1. The van der Waals surface area contributed by atoms with Gasteiger partial charge in [0.2, 0.25) is 0 Å². The van der Waals surface area contributed by atoms with Crippen molar-refractivity contribution in [3.63, 3.8) is 0 Å². The van der Waals surface area contributed by atoms with E-state index in [2.05, 4.69) is 17.5 Å². The van der Waals surface area contributed by atoms with Crippen molar-refractivity contribution in [3.8, 4) is 0 Å². The summed E-state index contributed by atoms with van der Waals surface area (Å²) in [5, 5.41) is 4.76. The van der Waals surface area contributed by atoms with Crippen LogP contribution < -0.4 is 5.32 Å². The van der Waals surface area contributed by atoms with Gasteiger partial charge < -0.3 is 10.1 Å². The van der Waals surface area contributed by atoms with Crippen molar-refractivity contribution < 1.29 is 9.53 Å². The van der Waals surface area contributed by atoms with Gasteiger partial charge >= 0.3 is 5.97 Å². The smallest absolute Gasteiger partial charge is 0.338 e. The van der Waals surface area contributed by atoms with Crippen LogP contribution in [0.4, 0.5) is 5.69 Å². The van der Waals surface area contributed by atoms with Gasteiger partial charge in [0.1, 0.15) is 0 Å². The van der Waals surface area contributed by atoms with Crippen LogP contribution in [0.3, 0.4) is 0 Å². The number of hydrogen-bond donors (Lipinski definition) is 1. The molecule has 0 aromatic heterocycles. The van der Waals surface area contributed by atoms with Crippen molar-refractivity contribution in [3.05, 3.63) is 75.3 Å². The van der Waals surface area contributed by atoms with Gasteiger partial charge in [0.05, 0.1) is 28.3 Å². The molecule has 134 valence electrons. The summed E-state index contributed by atoms with van der Waals surface area (Å²) in [7, 11) is 0. The van der Waals surface area contributed by atoms with E-state index < -0.39 is 0 Å². The summed E-state index contributed by atoms with van der Waals surface area (Å²) in [4.78, 5) is 12.1. The molecule has 1 aliphatic heterocycles. The van der Waals surface area contributed by atoms with E-state index in [1.54, 1.807) is 0 Å². The highest BCUT2D eigenvalue weighted by atomic mass is 35.5. The first-order chi connectivity index (χ1) is 12.6. The zero-order valence-electron chi connectivity index (χ0n) is 14.3. The zero-order valence-corrected chi connectivity index (χ0v) is 15.8. The third kappa shape index (κ3) is 3.00. The topological polar surface area (TPSA) is 38.3 Å². The molecule has 0 bridgehead atoms. The van der Waals surface area contributed by atoms with Gasteiger partial charge in [0.25, 0.3) is 0 Å². The molecular formula is C21H19Cl2NO2. The van der Waals surface area contributed by atoms with Crippen LogP contribution in [0.1, 0.15) is 46.8 Å². The second-order valence-corrected chi connectivity index (χ2v) is 7.49. The Morgan fingerprint density at radius 2 is 2.04 bits per heavy atom. The normalized spacial score (nSPS) is 23.1. The van der Waals surface area contributed by atoms with E-state index in [-0.39, 0.29) is 17.9 Å². The largest absolute Gasteiger partial charge is 0.462 e. The summed E-state index contributed by atoms with van der Waals surface area (Å²) in [6.07, 6.45) is 5.43. The van der Waals surface area contributed by atoms with Crippen LogP contribution in [0.5, 0.6) is 0 Å². The molecule has 5 heteroatoms. The molecule has 26 heavy (non-hydrogen) atoms. The third-order valence-electron chi connectivity index (χ3n) is 5.18. The molecule has 1 heterocycles. The SMILES string of the molecule is CCOC(=O)c1ccc2c(c1)[C@@H]1C=CC[C@@H]1[C@H](c1ccc(Cl)c(Cl)c1)N2. The predicted molar refractivity (Wildman–Crippen MR) is 105 cm³/mol. The molecule has 2 aromatic carbocycles. The molecule has 4 rings (SSSR count). The average molecular weight is 388 g/mol. The lowest BCUT2D eigenvalue weighted by atomic mass is 9.76. The van der Waals surface area contributed by atoms with Crippen molar-refractivity contribution in [2.24, 2.45) is 5.92 Å². The van der Waals surface area contributed by atoms with E-state index in [0.29, 0.717) is 28.1 Å². The van der Waals surface area contributed by atoms with Crippen molar-refractivity contribution in [1.82, 2.24) is 0 Å². The van der Waals surface area contributed by atoms with Gasteiger partial charge in [-0.05, 0) is 60.7 Å². The van der Waals surface area contributed by atoms with Gasteiger partial charge in [-0.1, -0.05) is 41.4 Å². The summed E-state index contributed by atoms with van der Waals surface area (Å²) < 4.78 is 5.14. The highest BCUT2D eigenvalue weighted by molar-refractivity contribution is 6.42. The molecule has 0 saturated heterocycles. The second kappa shape index (κ2) is 6.98. The molecule has 1 N–H and O–H groups in total. The van der Waals surface area contributed by atoms with Crippen LogP contribution in [0.2, 0.25) is 10.0 Å². The predicted octanol–water partition coefficient (Wildman–Crippen LogP) is 6.00. The average Bonchev–Trinajstić information content (AvgIpc) is 3.13. The van der Waals surface area contributed by atoms with Crippen molar-refractivity contribution in [2.45, 2.75) is 25.3 Å². The molecule has 0 unspecified atom stereocenters. The number of rotatable bonds is 3. The first-order valence-corrected chi connectivity index (χ1v) is 9.53. The Morgan fingerprint density at radius 3 is 2.81 bits per heavy atom. The Kier molecular flexibility index (Phi) is 4.68. The lowest BCUT2D eigenvalue weighted by Gasteiger charge is -2.37. The molecule has 0 fully saturated rings. The van der Waals surface area contributed by atoms with Gasteiger partial charge in [-0.15, -0.1) is 0 Å². The van der Waals surface area contributed by atoms with E-state index in [1.165, 1.54) is 0 Å². The Bertz CT molecular complexity index is 894. The van der Waals surface area contributed by atoms with E-state index >= 15 is 0 Å². The van der Waals surface area contributed by atoms with Gasteiger partial charge in [-0.3, -0.25) is 0 Å². The van der Waals surface area contributed by atoms with Gasteiger partial charge in [-0.25, -0.2) is 4.79 Å². The summed E-state index contributed by atoms with van der Waals surface area (Å²) >= 11 is 12.3. The maximum atomic E-state index is 12.1. The molecule has 0 radical (unpaired) electrons. The molecule has 1 aliphatic carbocycles. The third-order valence-corrected chi connectivity index (χ3v) is 5.92. The second-order valence-electron chi connectivity index (χ2n) is 6.67. The van der Waals surface area contributed by atoms with E-state index in [1.807, 2.05) is 43.3 Å². The minimum atomic E-state index is -0.277. The quantitative estimate of drug-likeness (QED) is 0.518. The molecule has 0 saturated carbocycles. The van der Waals surface area contributed by atoms with Crippen molar-refractivity contribution >= 4 is 34.9 Å². The fourth-order valence-electron chi connectivity index (χ4n) is 3.97. The van der Waals surface area contributed by atoms with Crippen LogP contribution in [0.25, 0.3) is 0 Å². The number of ether oxygens (including phenoxy) is 1. The summed E-state index contributed by atoms with van der Waals surface area (Å²) in [6.45, 7) is 2.19. The number of carbonyl (C=O) groups is 1. The first kappa shape index (κ1) is 17.4. The molecule has 0 amide bonds. The maximum Gasteiger partial charge on any atom is 0.338 e. The number of carbonyl (C=O) groups excluding carboxylic acids is 1. The number of benzene rings is 2. The summed E-state index contributed by atoms with van der Waals surface area (Å²) in [6, 6.07) is 11.7. The zero-order chi connectivity index (χ0) is 18.3. The fourth-order valence-corrected chi connectivity index (χ4v) is 4.28. The van der Waals surface area contributed by atoms with Gasteiger partial charge in [0, 0.05) is 11.6 Å². The van der Waals surface area contributed by atoms with Crippen LogP contribution in [0.15, 0.2) is 48.6 Å². The number of hydrogen-bond acceptors (Lipinski definition) is 3. The minimum absolute atomic E-state index is 0.144. The van der Waals surface area contributed by atoms with Crippen molar-refractivity contribution in [1.29, 1.82) is 0 Å². The van der Waals surface area contributed by atoms with E-state index in [0.717, 1.165) is 23.2 Å². The van der Waals surface area contributed by atoms with E-state index in [9.17, 15) is 4.79 Å². The lowest BCUT2D eigenvalue weighted by Crippen LogP contribution is -2.29. The Balaban J connectivity index is 1.72. The highest BCUT2D eigenvalue weighted by Gasteiger charge is 2.38. The molecule has 2 aliphatic rings. The van der Waals surface area contributed by atoms with Crippen LogP contribution in [-0.2, 0) is 4.74 Å². The highest BCUT2D eigenvalue weighted by Crippen LogP contribution is 2.50. The molecule has 0 spiro atoms. The number of halogens is 2. The van der Waals surface area contributed by atoms with Crippen LogP contribution in [-0.4, -0.2) is 12.6 Å². The fraction of sp³-hybridized carbons (Fsp3) is 0.286. The number of nitrogens with one attached hydrogen (secondary N) is 1. The first-order valence-electron chi connectivity index (χ1n) is 8.77. The van der Waals surface area contributed by atoms with Crippen LogP contribution >= 0.6 is 23.2 Å². The molecule has 2 aromatic rings. The minimum Gasteiger partial charge on any atom is -0.462 e. The summed E-state index contributed by atoms with van der Waals surface area (Å²) in [5.74, 6) is 0.359. The number of fused-ring (bicyclic) bond motifs is 3. The van der Waals surface area contributed by atoms with Gasteiger partial charge in [-0.2, -0.15) is 0 Å². The molecule has 3 atom stereocenters. The van der Waals surface area contributed by atoms with Crippen molar-refractivity contribution in [2.75, 3.05) is 11.9 Å². The Hall–Kier alpha value is -1.97. The number of esters is 1. The standard InChI is InChI=1S/C21H19Cl2NO2/c1-2-26-21(25)13-7-9-19-16(10-13)14-4-3-5-15(14)20(24-19)12-6-8-17(22)18(23)11-12/h3-4,6-11,14-15,20,24H,2,5H2,1H3/t14-,15+,20+/m1/s1. The number of allylic oxidation sites excluding steroid dienone is 2. The van der Waals surface area contributed by atoms with Crippen LogP contribution in [0, 0.1) is 5.92 Å². The molecular weight excluding hydrogens is 369 g/mol. The molecule has 3 nitrogen and oxygen atoms in total. The summed E-state index contributed by atoms with van der Waals surface area (Å²) in [5.41, 5.74) is 3.91. The monoisotopic (exact) mass is 387 g/mol. The lowest BCUT2D eigenvalue weighted by molar-refractivity contribution is 0.0526. The van der Waals surface area contributed by atoms with E-state index in [4.69, 9.17) is 27.9 Å². The Labute approximate surface area is 163 Å². The Morgan fingerprint density at radius 1 is 1.19 bits per heavy atom. The number of anilines is 1.